The van der Waals surface area contributed by atoms with Crippen molar-refractivity contribution in [2.45, 2.75) is 38.3 Å². The predicted octanol–water partition coefficient (Wildman–Crippen LogP) is 5.14. The van der Waals surface area contributed by atoms with Crippen LogP contribution in [-0.4, -0.2) is 35.7 Å². The van der Waals surface area contributed by atoms with Crippen molar-refractivity contribution in [1.29, 1.82) is 0 Å². The number of hydrogen-bond acceptors (Lipinski definition) is 6. The highest BCUT2D eigenvalue weighted by molar-refractivity contribution is 5.89. The summed E-state index contributed by atoms with van der Waals surface area (Å²) in [5.41, 5.74) is 0.173. The summed E-state index contributed by atoms with van der Waals surface area (Å²) in [6.45, 7) is 5.72. The number of anilines is 2. The molecule has 5 rings (SSSR count). The molecule has 2 N–H and O–H groups in total. The number of hydroxylamine groups is 1. The van der Waals surface area contributed by atoms with E-state index in [1.807, 2.05) is 20.8 Å². The van der Waals surface area contributed by atoms with Gasteiger partial charge >= 0.3 is 6.03 Å². The van der Waals surface area contributed by atoms with E-state index in [4.69, 9.17) is 14.3 Å². The summed E-state index contributed by atoms with van der Waals surface area (Å²) in [4.78, 5) is 33.6. The molecule has 2 heterocycles. The van der Waals surface area contributed by atoms with Crippen molar-refractivity contribution < 1.29 is 32.7 Å². The molecule has 1 aliphatic carbocycles. The van der Waals surface area contributed by atoms with Crippen LogP contribution in [0.4, 0.5) is 25.1 Å². The SMILES string of the molecule is CC(C)(C)ON(C=O)c1ccc(Oc2ccc(NC(=O)N[C@@H]3[C@H]4COc5c(F)ccc(F)c5[C@@H]43)nc2)cc1. The number of aromatic nitrogens is 1. The largest absolute Gasteiger partial charge is 0.490 e. The number of nitrogens with one attached hydrogen (secondary N) is 2. The summed E-state index contributed by atoms with van der Waals surface area (Å²) in [5.74, 6) is -0.487. The summed E-state index contributed by atoms with van der Waals surface area (Å²) in [7, 11) is 0. The summed E-state index contributed by atoms with van der Waals surface area (Å²) in [6.07, 6.45) is 2.04. The summed E-state index contributed by atoms with van der Waals surface area (Å²) in [5, 5.41) is 6.57. The van der Waals surface area contributed by atoms with E-state index >= 15 is 0 Å². The molecule has 3 atom stereocenters. The van der Waals surface area contributed by atoms with Crippen molar-refractivity contribution in [3.05, 3.63) is 71.9 Å². The first-order valence-electron chi connectivity index (χ1n) is 12.0. The average Bonchev–Trinajstić information content (AvgIpc) is 3.58. The van der Waals surface area contributed by atoms with E-state index in [0.717, 1.165) is 17.2 Å². The second-order valence-corrected chi connectivity index (χ2v) is 10.0. The number of hydrogen-bond donors (Lipinski definition) is 2. The molecule has 3 amide bonds. The highest BCUT2D eigenvalue weighted by Gasteiger charge is 2.57. The number of amides is 3. The van der Waals surface area contributed by atoms with Gasteiger partial charge in [0, 0.05) is 23.4 Å². The van der Waals surface area contributed by atoms with Crippen LogP contribution in [0.1, 0.15) is 32.3 Å². The van der Waals surface area contributed by atoms with Crippen molar-refractivity contribution in [2.75, 3.05) is 17.0 Å². The van der Waals surface area contributed by atoms with Crippen molar-refractivity contribution in [2.24, 2.45) is 5.92 Å². The molecule has 1 aromatic heterocycles. The summed E-state index contributed by atoms with van der Waals surface area (Å²) < 4.78 is 39.4. The minimum Gasteiger partial charge on any atom is -0.490 e. The second-order valence-electron chi connectivity index (χ2n) is 10.0. The first-order chi connectivity index (χ1) is 18.1. The Balaban J connectivity index is 1.15. The number of nitrogens with zero attached hydrogens (tertiary/aromatic N) is 2. The standard InChI is InChI=1S/C27H26F2N4O5/c1-27(2,3)38-33(14-34)15-4-6-16(7-5-15)37-17-8-11-21(30-12-17)31-26(35)32-24-18-13-36-25-20(29)10-9-19(28)23(25)22(18)24/h4-12,14,18,22,24H,13H2,1-3H3,(H2,30,31,32,35)/t18-,22+,24+/m0/s1. The monoisotopic (exact) mass is 524 g/mol. The predicted molar refractivity (Wildman–Crippen MR) is 134 cm³/mol. The Morgan fingerprint density at radius 1 is 1.08 bits per heavy atom. The van der Waals surface area contributed by atoms with Gasteiger partial charge in [-0.3, -0.25) is 14.9 Å². The van der Waals surface area contributed by atoms with Crippen LogP contribution >= 0.6 is 0 Å². The number of rotatable bonds is 7. The van der Waals surface area contributed by atoms with E-state index in [9.17, 15) is 18.4 Å². The lowest BCUT2D eigenvalue weighted by atomic mass is 10.0. The Morgan fingerprint density at radius 3 is 2.45 bits per heavy atom. The molecule has 0 spiro atoms. The van der Waals surface area contributed by atoms with Crippen LogP contribution in [0.25, 0.3) is 0 Å². The van der Waals surface area contributed by atoms with Crippen molar-refractivity contribution in [1.82, 2.24) is 10.3 Å². The molecule has 0 saturated heterocycles. The number of fused-ring (bicyclic) bond motifs is 3. The molecule has 3 aromatic rings. The maximum absolute atomic E-state index is 14.3. The number of carbonyl (C=O) groups excluding carboxylic acids is 2. The van der Waals surface area contributed by atoms with Gasteiger partial charge in [0.2, 0.25) is 6.41 Å². The Morgan fingerprint density at radius 2 is 1.79 bits per heavy atom. The molecule has 2 aliphatic rings. The maximum Gasteiger partial charge on any atom is 0.320 e. The number of benzene rings is 2. The van der Waals surface area contributed by atoms with Gasteiger partial charge in [-0.1, -0.05) is 0 Å². The van der Waals surface area contributed by atoms with Gasteiger partial charge < -0.3 is 14.8 Å². The fraction of sp³-hybridized carbons (Fsp3) is 0.296. The second kappa shape index (κ2) is 9.90. The van der Waals surface area contributed by atoms with E-state index in [-0.39, 0.29) is 41.6 Å². The molecule has 0 bridgehead atoms. The molecule has 38 heavy (non-hydrogen) atoms. The minimum absolute atomic E-state index is 0.0813. The molecule has 9 nitrogen and oxygen atoms in total. The first-order valence-corrected chi connectivity index (χ1v) is 12.0. The zero-order valence-corrected chi connectivity index (χ0v) is 20.9. The van der Waals surface area contributed by atoms with Crippen molar-refractivity contribution >= 4 is 23.9 Å². The fourth-order valence-corrected chi connectivity index (χ4v) is 4.40. The van der Waals surface area contributed by atoms with Crippen LogP contribution in [0.2, 0.25) is 0 Å². The number of urea groups is 1. The minimum atomic E-state index is -0.616. The van der Waals surface area contributed by atoms with E-state index in [2.05, 4.69) is 15.6 Å². The topological polar surface area (TPSA) is 102 Å². The zero-order valence-electron chi connectivity index (χ0n) is 20.9. The Bertz CT molecular complexity index is 1350. The maximum atomic E-state index is 14.3. The van der Waals surface area contributed by atoms with Gasteiger partial charge in [-0.2, -0.15) is 5.06 Å². The Hall–Kier alpha value is -4.25. The lowest BCUT2D eigenvalue weighted by Gasteiger charge is -2.26. The molecule has 0 unspecified atom stereocenters. The molecule has 1 saturated carbocycles. The smallest absolute Gasteiger partial charge is 0.320 e. The van der Waals surface area contributed by atoms with Gasteiger partial charge in [0.25, 0.3) is 0 Å². The third-order valence-electron chi connectivity index (χ3n) is 6.09. The van der Waals surface area contributed by atoms with Gasteiger partial charge in [0.15, 0.2) is 11.6 Å². The van der Waals surface area contributed by atoms with E-state index < -0.39 is 23.3 Å². The van der Waals surface area contributed by atoms with E-state index in [1.54, 1.807) is 36.4 Å². The molecular weight excluding hydrogens is 498 g/mol. The summed E-state index contributed by atoms with van der Waals surface area (Å²) >= 11 is 0. The lowest BCUT2D eigenvalue weighted by molar-refractivity contribution is -0.120. The van der Waals surface area contributed by atoms with Crippen LogP contribution in [-0.2, 0) is 9.63 Å². The third kappa shape index (κ3) is 5.37. The Labute approximate surface area is 217 Å². The van der Waals surface area contributed by atoms with Gasteiger partial charge in [0.05, 0.1) is 24.1 Å². The molecule has 11 heteroatoms. The van der Waals surface area contributed by atoms with Gasteiger partial charge in [-0.05, 0) is 69.3 Å². The highest BCUT2D eigenvalue weighted by Crippen LogP contribution is 2.55. The molecule has 2 aromatic carbocycles. The quantitative estimate of drug-likeness (QED) is 0.328. The first kappa shape index (κ1) is 25.4. The number of halogens is 2. The van der Waals surface area contributed by atoms with E-state index in [0.29, 0.717) is 23.6 Å². The van der Waals surface area contributed by atoms with Crippen LogP contribution < -0.4 is 25.2 Å². The molecule has 0 radical (unpaired) electrons. The zero-order chi connectivity index (χ0) is 27.0. The van der Waals surface area contributed by atoms with Crippen molar-refractivity contribution in [3.63, 3.8) is 0 Å². The normalized spacial score (nSPS) is 19.3. The van der Waals surface area contributed by atoms with Crippen LogP contribution in [0.3, 0.4) is 0 Å². The molecule has 1 aliphatic heterocycles. The number of ether oxygens (including phenoxy) is 2. The Kier molecular flexibility index (Phi) is 6.62. The number of pyridine rings is 1. The van der Waals surface area contributed by atoms with E-state index in [1.165, 1.54) is 6.20 Å². The van der Waals surface area contributed by atoms with Crippen molar-refractivity contribution in [3.8, 4) is 17.2 Å². The summed E-state index contributed by atoms with van der Waals surface area (Å²) in [6, 6.07) is 11.1. The lowest BCUT2D eigenvalue weighted by Crippen LogP contribution is -2.32. The molecule has 1 fully saturated rings. The van der Waals surface area contributed by atoms with Gasteiger partial charge in [0.1, 0.15) is 23.1 Å². The molecule has 198 valence electrons. The average molecular weight is 525 g/mol. The highest BCUT2D eigenvalue weighted by atomic mass is 19.1. The third-order valence-corrected chi connectivity index (χ3v) is 6.09. The number of carbonyl (C=O) groups is 2. The van der Waals surface area contributed by atoms with Gasteiger partial charge in [-0.15, -0.1) is 0 Å². The van der Waals surface area contributed by atoms with Crippen LogP contribution in [0, 0.1) is 17.6 Å². The van der Waals surface area contributed by atoms with Crippen LogP contribution in [0.15, 0.2) is 54.7 Å². The fourth-order valence-electron chi connectivity index (χ4n) is 4.40. The van der Waals surface area contributed by atoms with Crippen LogP contribution in [0.5, 0.6) is 17.2 Å². The molecular formula is C27H26F2N4O5. The van der Waals surface area contributed by atoms with Gasteiger partial charge in [-0.25, -0.2) is 18.6 Å².